The highest BCUT2D eigenvalue weighted by Gasteiger charge is 2.38. The molecule has 1 N–H and O–H groups in total. The number of piperidine rings is 1. The molecule has 10 heteroatoms. The molecule has 3 rings (SSSR count). The molecule has 1 fully saturated rings. The zero-order valence-corrected chi connectivity index (χ0v) is 19.1. The van der Waals surface area contributed by atoms with E-state index in [0.29, 0.717) is 36.5 Å². The highest BCUT2D eigenvalue weighted by molar-refractivity contribution is 7.89. The van der Waals surface area contributed by atoms with Crippen LogP contribution in [0.5, 0.6) is 0 Å². The lowest BCUT2D eigenvalue weighted by Gasteiger charge is -2.31. The molecule has 9 nitrogen and oxygen atoms in total. The van der Waals surface area contributed by atoms with Crippen LogP contribution in [0.25, 0.3) is 0 Å². The number of rotatable bonds is 7. The van der Waals surface area contributed by atoms with Crippen molar-refractivity contribution in [2.24, 2.45) is 13.0 Å². The molecule has 2 aromatic heterocycles. The fraction of sp³-hybridized carbons (Fsp3) is 0.524. The minimum absolute atomic E-state index is 0.0393. The van der Waals surface area contributed by atoms with Gasteiger partial charge in [-0.05, 0) is 45.7 Å². The Morgan fingerprint density at radius 3 is 2.68 bits per heavy atom. The maximum Gasteiger partial charge on any atom is 0.341 e. The second-order valence-electron chi connectivity index (χ2n) is 7.65. The van der Waals surface area contributed by atoms with Gasteiger partial charge in [0, 0.05) is 31.5 Å². The quantitative estimate of drug-likeness (QED) is 0.646. The molecule has 0 bridgehead atoms. The van der Waals surface area contributed by atoms with Crippen LogP contribution < -0.4 is 5.32 Å². The van der Waals surface area contributed by atoms with Crippen LogP contribution in [0.1, 0.15) is 47.3 Å². The van der Waals surface area contributed by atoms with E-state index in [0.717, 1.165) is 0 Å². The van der Waals surface area contributed by atoms with Gasteiger partial charge in [0.25, 0.3) is 0 Å². The van der Waals surface area contributed by atoms with Crippen LogP contribution in [0, 0.1) is 19.8 Å². The zero-order chi connectivity index (χ0) is 22.8. The van der Waals surface area contributed by atoms with Gasteiger partial charge >= 0.3 is 5.97 Å². The summed E-state index contributed by atoms with van der Waals surface area (Å²) in [6, 6.07) is 3.50. The number of amides is 1. The SMILES string of the molecule is CCOC(=O)c1c(S(=O)(=O)N2CCCC(C(=O)NCc3ccco3)C2)c(C)n(C)c1C. The molecule has 1 unspecified atom stereocenters. The Balaban J connectivity index is 1.84. The second-order valence-corrected chi connectivity index (χ2v) is 9.53. The van der Waals surface area contributed by atoms with Crippen LogP contribution in [0.15, 0.2) is 27.7 Å². The normalized spacial score (nSPS) is 17.5. The standard InChI is InChI=1S/C21H29N3O6S/c1-5-29-21(26)18-14(2)23(4)15(3)19(18)31(27,28)24-10-6-8-16(13-24)20(25)22-12-17-9-7-11-30-17/h7,9,11,16H,5-6,8,10,12-13H2,1-4H3,(H,22,25). The van der Waals surface area contributed by atoms with Gasteiger partial charge in [0.05, 0.1) is 25.3 Å². The fourth-order valence-electron chi connectivity index (χ4n) is 3.91. The third kappa shape index (κ3) is 4.54. The molecule has 3 heterocycles. The second kappa shape index (κ2) is 9.27. The van der Waals surface area contributed by atoms with Crippen LogP contribution >= 0.6 is 0 Å². The summed E-state index contributed by atoms with van der Waals surface area (Å²) in [5.41, 5.74) is 1.05. The summed E-state index contributed by atoms with van der Waals surface area (Å²) in [5, 5.41) is 2.81. The van der Waals surface area contributed by atoms with Crippen LogP contribution in [0.3, 0.4) is 0 Å². The van der Waals surface area contributed by atoms with Crippen molar-refractivity contribution < 1.29 is 27.2 Å². The lowest BCUT2D eigenvalue weighted by Crippen LogP contribution is -2.45. The largest absolute Gasteiger partial charge is 0.467 e. The topological polar surface area (TPSA) is 111 Å². The monoisotopic (exact) mass is 451 g/mol. The van der Waals surface area contributed by atoms with Crippen LogP contribution in [0.2, 0.25) is 0 Å². The first-order chi connectivity index (χ1) is 14.7. The number of hydrogen-bond donors (Lipinski definition) is 1. The first-order valence-electron chi connectivity index (χ1n) is 10.3. The molecule has 1 aliphatic heterocycles. The lowest BCUT2D eigenvalue weighted by molar-refractivity contribution is -0.126. The number of aromatic nitrogens is 1. The molecule has 2 aromatic rings. The van der Waals surface area contributed by atoms with Gasteiger partial charge < -0.3 is 19.0 Å². The Hall–Kier alpha value is -2.59. The van der Waals surface area contributed by atoms with E-state index in [-0.39, 0.29) is 36.1 Å². The molecular weight excluding hydrogens is 422 g/mol. The van der Waals surface area contributed by atoms with Gasteiger partial charge in [-0.15, -0.1) is 0 Å². The van der Waals surface area contributed by atoms with Gasteiger partial charge in [-0.1, -0.05) is 0 Å². The first kappa shape index (κ1) is 23.1. The van der Waals surface area contributed by atoms with E-state index in [2.05, 4.69) is 5.32 Å². The predicted octanol–water partition coefficient (Wildman–Crippen LogP) is 2.13. The van der Waals surface area contributed by atoms with E-state index in [4.69, 9.17) is 9.15 Å². The van der Waals surface area contributed by atoms with E-state index < -0.39 is 21.9 Å². The Morgan fingerprint density at radius 2 is 2.03 bits per heavy atom. The van der Waals surface area contributed by atoms with Crippen molar-refractivity contribution in [3.63, 3.8) is 0 Å². The minimum atomic E-state index is -4.00. The lowest BCUT2D eigenvalue weighted by atomic mass is 9.99. The summed E-state index contributed by atoms with van der Waals surface area (Å²) < 4.78 is 40.5. The Labute approximate surface area is 182 Å². The van der Waals surface area contributed by atoms with Gasteiger partial charge in [-0.2, -0.15) is 4.31 Å². The summed E-state index contributed by atoms with van der Waals surface area (Å²) >= 11 is 0. The van der Waals surface area contributed by atoms with Gasteiger partial charge in [0.15, 0.2) is 0 Å². The van der Waals surface area contributed by atoms with E-state index >= 15 is 0 Å². The van der Waals surface area contributed by atoms with Crippen molar-refractivity contribution in [3.8, 4) is 0 Å². The van der Waals surface area contributed by atoms with Crippen molar-refractivity contribution in [1.29, 1.82) is 0 Å². The third-order valence-electron chi connectivity index (χ3n) is 5.77. The highest BCUT2D eigenvalue weighted by Crippen LogP contribution is 2.32. The molecule has 1 amide bonds. The van der Waals surface area contributed by atoms with Crippen molar-refractivity contribution in [2.45, 2.75) is 45.1 Å². The van der Waals surface area contributed by atoms with E-state index in [1.807, 2.05) is 0 Å². The van der Waals surface area contributed by atoms with Crippen molar-refractivity contribution in [3.05, 3.63) is 41.1 Å². The molecule has 1 aliphatic rings. The summed E-state index contributed by atoms with van der Waals surface area (Å²) in [6.45, 7) is 5.78. The van der Waals surface area contributed by atoms with Gasteiger partial charge in [0.1, 0.15) is 16.2 Å². The number of carbonyl (C=O) groups is 2. The van der Waals surface area contributed by atoms with Crippen molar-refractivity contribution in [1.82, 2.24) is 14.2 Å². The molecular formula is C21H29N3O6S. The summed E-state index contributed by atoms with van der Waals surface area (Å²) in [7, 11) is -2.28. The number of carbonyl (C=O) groups excluding carboxylic acids is 2. The zero-order valence-electron chi connectivity index (χ0n) is 18.3. The molecule has 0 radical (unpaired) electrons. The van der Waals surface area contributed by atoms with E-state index in [1.54, 1.807) is 44.5 Å². The Bertz CT molecular complexity index is 1060. The predicted molar refractivity (Wildman–Crippen MR) is 113 cm³/mol. The number of nitrogens with zero attached hydrogens (tertiary/aromatic N) is 2. The van der Waals surface area contributed by atoms with Gasteiger partial charge in [0.2, 0.25) is 15.9 Å². The number of esters is 1. The number of hydrogen-bond acceptors (Lipinski definition) is 6. The average molecular weight is 452 g/mol. The number of nitrogens with one attached hydrogen (secondary N) is 1. The molecule has 0 aromatic carbocycles. The molecule has 1 saturated heterocycles. The molecule has 31 heavy (non-hydrogen) atoms. The highest BCUT2D eigenvalue weighted by atomic mass is 32.2. The number of sulfonamides is 1. The van der Waals surface area contributed by atoms with Crippen molar-refractivity contribution >= 4 is 21.9 Å². The molecule has 170 valence electrons. The molecule has 1 atom stereocenters. The van der Waals surface area contributed by atoms with E-state index in [9.17, 15) is 18.0 Å². The summed E-state index contributed by atoms with van der Waals surface area (Å²) in [5.74, 6) is -0.729. The maximum atomic E-state index is 13.6. The van der Waals surface area contributed by atoms with Gasteiger partial charge in [-0.3, -0.25) is 4.79 Å². The third-order valence-corrected chi connectivity index (χ3v) is 7.80. The molecule has 0 spiro atoms. The first-order valence-corrected chi connectivity index (χ1v) is 11.8. The van der Waals surface area contributed by atoms with E-state index in [1.165, 1.54) is 10.6 Å². The van der Waals surface area contributed by atoms with Crippen LogP contribution in [0.4, 0.5) is 0 Å². The Morgan fingerprint density at radius 1 is 1.29 bits per heavy atom. The molecule has 0 saturated carbocycles. The maximum absolute atomic E-state index is 13.6. The van der Waals surface area contributed by atoms with Crippen LogP contribution in [-0.4, -0.2) is 48.9 Å². The summed E-state index contributed by atoms with van der Waals surface area (Å²) in [4.78, 5) is 25.2. The smallest absolute Gasteiger partial charge is 0.341 e. The van der Waals surface area contributed by atoms with Crippen molar-refractivity contribution in [2.75, 3.05) is 19.7 Å². The summed E-state index contributed by atoms with van der Waals surface area (Å²) in [6.07, 6.45) is 2.67. The average Bonchev–Trinajstić information content (AvgIpc) is 3.35. The number of furan rings is 1. The Kier molecular flexibility index (Phi) is 6.90. The fourth-order valence-corrected chi connectivity index (χ4v) is 5.91. The molecule has 0 aliphatic carbocycles. The van der Waals surface area contributed by atoms with Crippen LogP contribution in [-0.2, 0) is 33.1 Å². The number of ether oxygens (including phenoxy) is 1. The van der Waals surface area contributed by atoms with Gasteiger partial charge in [-0.25, -0.2) is 13.2 Å². The minimum Gasteiger partial charge on any atom is -0.467 e.